The summed E-state index contributed by atoms with van der Waals surface area (Å²) in [5, 5.41) is 15.7. The van der Waals surface area contributed by atoms with Gasteiger partial charge in [0.2, 0.25) is 10.0 Å². The molecule has 0 aliphatic heterocycles. The van der Waals surface area contributed by atoms with Crippen molar-refractivity contribution in [2.24, 2.45) is 0 Å². The molecule has 0 aromatic carbocycles. The van der Waals surface area contributed by atoms with Gasteiger partial charge in [-0.2, -0.15) is 0 Å². The maximum absolute atomic E-state index is 11.0. The molecule has 0 unspecified atom stereocenters. The monoisotopic (exact) mass is 220 g/mol. The quantitative estimate of drug-likeness (QED) is 0.589. The average molecular weight is 220 g/mol. The van der Waals surface area contributed by atoms with Crippen molar-refractivity contribution in [3.05, 3.63) is 12.4 Å². The molecule has 0 saturated carbocycles. The molecule has 80 valence electrons. The second kappa shape index (κ2) is 5.03. The standard InChI is InChI=1S/C6H12N4O3S/c11-5-6-14(12,13)8-2-4-10-3-1-7-9-10/h1,3,8,11H,2,4-6H2. The van der Waals surface area contributed by atoms with Crippen molar-refractivity contribution >= 4 is 10.0 Å². The van der Waals surface area contributed by atoms with E-state index in [0.717, 1.165) is 0 Å². The van der Waals surface area contributed by atoms with Gasteiger partial charge in [-0.25, -0.2) is 13.1 Å². The molecule has 0 amide bonds. The lowest BCUT2D eigenvalue weighted by atomic mass is 10.6. The Kier molecular flexibility index (Phi) is 3.98. The highest BCUT2D eigenvalue weighted by atomic mass is 32.2. The number of rotatable bonds is 6. The molecule has 2 N–H and O–H groups in total. The molecule has 1 aromatic heterocycles. The number of aromatic nitrogens is 3. The largest absolute Gasteiger partial charge is 0.395 e. The van der Waals surface area contributed by atoms with Crippen LogP contribution in [0.1, 0.15) is 0 Å². The van der Waals surface area contributed by atoms with Gasteiger partial charge in [-0.3, -0.25) is 4.68 Å². The molecule has 0 aliphatic rings. The summed E-state index contributed by atoms with van der Waals surface area (Å²) in [7, 11) is -3.35. The third-order valence-electron chi connectivity index (χ3n) is 1.49. The van der Waals surface area contributed by atoms with E-state index in [1.54, 1.807) is 6.20 Å². The minimum Gasteiger partial charge on any atom is -0.395 e. The molecule has 8 heteroatoms. The lowest BCUT2D eigenvalue weighted by Gasteiger charge is -2.04. The first kappa shape index (κ1) is 11.1. The van der Waals surface area contributed by atoms with Crippen LogP contribution < -0.4 is 4.72 Å². The molecule has 1 aromatic rings. The highest BCUT2D eigenvalue weighted by Crippen LogP contribution is 1.84. The van der Waals surface area contributed by atoms with Crippen LogP contribution in [-0.4, -0.2) is 47.4 Å². The van der Waals surface area contributed by atoms with Gasteiger partial charge < -0.3 is 5.11 Å². The van der Waals surface area contributed by atoms with Gasteiger partial charge in [0.05, 0.1) is 25.1 Å². The van der Waals surface area contributed by atoms with E-state index >= 15 is 0 Å². The zero-order valence-corrected chi connectivity index (χ0v) is 8.31. The summed E-state index contributed by atoms with van der Waals surface area (Å²) in [5.74, 6) is -0.273. The lowest BCUT2D eigenvalue weighted by Crippen LogP contribution is -2.30. The highest BCUT2D eigenvalue weighted by molar-refractivity contribution is 7.89. The summed E-state index contributed by atoms with van der Waals surface area (Å²) in [6.07, 6.45) is 3.16. The van der Waals surface area contributed by atoms with E-state index in [1.165, 1.54) is 10.9 Å². The van der Waals surface area contributed by atoms with Crippen molar-refractivity contribution in [2.75, 3.05) is 18.9 Å². The number of aliphatic hydroxyl groups excluding tert-OH is 1. The summed E-state index contributed by atoms with van der Waals surface area (Å²) in [6.45, 7) is 0.287. The van der Waals surface area contributed by atoms with Crippen molar-refractivity contribution < 1.29 is 13.5 Å². The van der Waals surface area contributed by atoms with Gasteiger partial charge in [0, 0.05) is 12.7 Å². The van der Waals surface area contributed by atoms with Crippen LogP contribution in [-0.2, 0) is 16.6 Å². The molecular weight excluding hydrogens is 208 g/mol. The topological polar surface area (TPSA) is 97.1 Å². The average Bonchev–Trinajstić information content (AvgIpc) is 2.56. The number of hydrogen-bond acceptors (Lipinski definition) is 5. The molecular formula is C6H12N4O3S. The number of nitrogens with one attached hydrogen (secondary N) is 1. The molecule has 1 rings (SSSR count). The molecule has 7 nitrogen and oxygen atoms in total. The van der Waals surface area contributed by atoms with Gasteiger partial charge in [0.15, 0.2) is 0 Å². The smallest absolute Gasteiger partial charge is 0.213 e. The van der Waals surface area contributed by atoms with E-state index < -0.39 is 10.0 Å². The Hall–Kier alpha value is -0.990. The SMILES string of the molecule is O=S(=O)(CCO)NCCn1ccnn1. The van der Waals surface area contributed by atoms with E-state index in [0.29, 0.717) is 6.54 Å². The zero-order chi connectivity index (χ0) is 10.4. The maximum Gasteiger partial charge on any atom is 0.213 e. The number of aliphatic hydroxyl groups is 1. The van der Waals surface area contributed by atoms with E-state index in [-0.39, 0.29) is 18.9 Å². The Morgan fingerprint density at radius 3 is 2.86 bits per heavy atom. The van der Waals surface area contributed by atoms with Gasteiger partial charge in [-0.1, -0.05) is 5.21 Å². The summed E-state index contributed by atoms with van der Waals surface area (Å²) < 4.78 is 25.9. The summed E-state index contributed by atoms with van der Waals surface area (Å²) in [5.41, 5.74) is 0. The molecule has 0 fully saturated rings. The van der Waals surface area contributed by atoms with Gasteiger partial charge in [0.1, 0.15) is 0 Å². The fourth-order valence-electron chi connectivity index (χ4n) is 0.860. The first-order valence-corrected chi connectivity index (χ1v) is 5.71. The molecule has 0 aliphatic carbocycles. The van der Waals surface area contributed by atoms with Crippen molar-refractivity contribution in [2.45, 2.75) is 6.54 Å². The van der Waals surface area contributed by atoms with Crippen molar-refractivity contribution in [1.82, 2.24) is 19.7 Å². The zero-order valence-electron chi connectivity index (χ0n) is 7.50. The van der Waals surface area contributed by atoms with Crippen LogP contribution >= 0.6 is 0 Å². The second-order valence-corrected chi connectivity index (χ2v) is 4.53. The minimum atomic E-state index is -3.35. The van der Waals surface area contributed by atoms with E-state index in [9.17, 15) is 8.42 Å². The number of sulfonamides is 1. The molecule has 14 heavy (non-hydrogen) atoms. The normalized spacial score (nSPS) is 11.8. The Morgan fingerprint density at radius 1 is 1.50 bits per heavy atom. The van der Waals surface area contributed by atoms with Crippen LogP contribution in [0.25, 0.3) is 0 Å². The maximum atomic E-state index is 11.0. The molecule has 0 spiro atoms. The van der Waals surface area contributed by atoms with E-state index in [2.05, 4.69) is 15.0 Å². The van der Waals surface area contributed by atoms with Crippen LogP contribution in [0.15, 0.2) is 12.4 Å². The predicted octanol–water partition coefficient (Wildman–Crippen LogP) is -1.81. The third-order valence-corrected chi connectivity index (χ3v) is 2.86. The molecule has 0 bridgehead atoms. The van der Waals surface area contributed by atoms with Gasteiger partial charge in [0.25, 0.3) is 0 Å². The van der Waals surface area contributed by atoms with Crippen LogP contribution in [0.4, 0.5) is 0 Å². The van der Waals surface area contributed by atoms with E-state index in [4.69, 9.17) is 5.11 Å². The summed E-state index contributed by atoms with van der Waals surface area (Å²) in [6, 6.07) is 0. The van der Waals surface area contributed by atoms with Crippen molar-refractivity contribution in [3.8, 4) is 0 Å². The Bertz CT molecular complexity index is 347. The Labute approximate surface area is 81.8 Å². The predicted molar refractivity (Wildman–Crippen MR) is 48.9 cm³/mol. The number of hydrogen-bond donors (Lipinski definition) is 2. The van der Waals surface area contributed by atoms with Gasteiger partial charge in [-0.15, -0.1) is 5.10 Å². The number of nitrogens with zero attached hydrogens (tertiary/aromatic N) is 3. The highest BCUT2D eigenvalue weighted by Gasteiger charge is 2.07. The molecule has 1 heterocycles. The fraction of sp³-hybridized carbons (Fsp3) is 0.667. The first-order chi connectivity index (χ1) is 6.64. The summed E-state index contributed by atoms with van der Waals surface area (Å²) in [4.78, 5) is 0. The van der Waals surface area contributed by atoms with Crippen LogP contribution in [0.2, 0.25) is 0 Å². The molecule has 0 atom stereocenters. The van der Waals surface area contributed by atoms with Gasteiger partial charge >= 0.3 is 0 Å². The Morgan fingerprint density at radius 2 is 2.29 bits per heavy atom. The fourth-order valence-corrected chi connectivity index (χ4v) is 1.65. The van der Waals surface area contributed by atoms with Crippen LogP contribution in [0, 0.1) is 0 Å². The second-order valence-electron chi connectivity index (χ2n) is 2.60. The molecule has 0 radical (unpaired) electrons. The van der Waals surface area contributed by atoms with E-state index in [1.807, 2.05) is 0 Å². The Balaban J connectivity index is 2.28. The van der Waals surface area contributed by atoms with Crippen molar-refractivity contribution in [3.63, 3.8) is 0 Å². The minimum absolute atomic E-state index is 0.242. The first-order valence-electron chi connectivity index (χ1n) is 4.06. The lowest BCUT2D eigenvalue weighted by molar-refractivity contribution is 0.319. The summed E-state index contributed by atoms with van der Waals surface area (Å²) >= 11 is 0. The van der Waals surface area contributed by atoms with Crippen LogP contribution in [0.5, 0.6) is 0 Å². The third kappa shape index (κ3) is 3.81. The van der Waals surface area contributed by atoms with Crippen molar-refractivity contribution in [1.29, 1.82) is 0 Å². The van der Waals surface area contributed by atoms with Crippen LogP contribution in [0.3, 0.4) is 0 Å². The van der Waals surface area contributed by atoms with Gasteiger partial charge in [-0.05, 0) is 0 Å². The molecule has 0 saturated heterocycles.